The van der Waals surface area contributed by atoms with Gasteiger partial charge in [-0.1, -0.05) is 12.1 Å². The third-order valence-electron chi connectivity index (χ3n) is 6.13. The number of fused-ring (bicyclic) bond motifs is 1. The number of amides is 1. The highest BCUT2D eigenvalue weighted by Crippen LogP contribution is 2.31. The summed E-state index contributed by atoms with van der Waals surface area (Å²) in [6.07, 6.45) is 3.34. The molecule has 8 heteroatoms. The Morgan fingerprint density at radius 1 is 0.919 bits per heavy atom. The first kappa shape index (κ1) is 24.1. The van der Waals surface area contributed by atoms with Crippen molar-refractivity contribution in [2.24, 2.45) is 0 Å². The first-order valence-electron chi connectivity index (χ1n) is 12.0. The van der Waals surface area contributed by atoms with Gasteiger partial charge in [-0.2, -0.15) is 0 Å². The summed E-state index contributed by atoms with van der Waals surface area (Å²) in [6.45, 7) is 4.05. The molecule has 0 bridgehead atoms. The number of nitro benzene ring substituents is 1. The topological polar surface area (TPSA) is 104 Å². The number of ether oxygens (including phenoxy) is 2. The molecule has 0 fully saturated rings. The molecule has 188 valence electrons. The van der Waals surface area contributed by atoms with Gasteiger partial charge in [-0.3, -0.25) is 14.9 Å². The average molecular weight is 499 g/mol. The van der Waals surface area contributed by atoms with Crippen LogP contribution in [-0.4, -0.2) is 10.8 Å². The van der Waals surface area contributed by atoms with Crippen LogP contribution in [-0.2, 0) is 19.4 Å². The Bertz CT molecular complexity index is 1470. The first-order chi connectivity index (χ1) is 17.8. The monoisotopic (exact) mass is 498 g/mol. The van der Waals surface area contributed by atoms with Gasteiger partial charge in [0.25, 0.3) is 11.6 Å². The van der Waals surface area contributed by atoms with Gasteiger partial charge in [0.1, 0.15) is 29.6 Å². The number of carbonyl (C=O) groups is 1. The van der Waals surface area contributed by atoms with Gasteiger partial charge in [0, 0.05) is 12.1 Å². The molecule has 0 unspecified atom stereocenters. The van der Waals surface area contributed by atoms with Gasteiger partial charge in [0.2, 0.25) is 0 Å². The van der Waals surface area contributed by atoms with E-state index in [9.17, 15) is 14.9 Å². The Kier molecular flexibility index (Phi) is 6.64. The lowest BCUT2D eigenvalue weighted by Gasteiger charge is -2.10. The van der Waals surface area contributed by atoms with Gasteiger partial charge in [0.05, 0.1) is 16.7 Å². The zero-order valence-electron chi connectivity index (χ0n) is 20.6. The SMILES string of the molecule is Cc1cc(C)cc(Oc2cc(NC(=O)c3ccc(COc4ccc5c(c4)CCC5)o3)cc([N+](=O)[O-])c2)c1. The van der Waals surface area contributed by atoms with Gasteiger partial charge >= 0.3 is 0 Å². The molecule has 1 aliphatic rings. The van der Waals surface area contributed by atoms with Crippen LogP contribution in [0.2, 0.25) is 0 Å². The minimum atomic E-state index is -0.540. The summed E-state index contributed by atoms with van der Waals surface area (Å²) in [5.41, 5.74) is 4.69. The Morgan fingerprint density at radius 2 is 1.68 bits per heavy atom. The number of anilines is 1. The number of hydrogen-bond acceptors (Lipinski definition) is 6. The van der Waals surface area contributed by atoms with Crippen molar-refractivity contribution in [1.29, 1.82) is 0 Å². The summed E-state index contributed by atoms with van der Waals surface area (Å²) in [5.74, 6) is 1.56. The lowest BCUT2D eigenvalue weighted by molar-refractivity contribution is -0.384. The Morgan fingerprint density at radius 3 is 2.46 bits per heavy atom. The fourth-order valence-electron chi connectivity index (χ4n) is 4.51. The number of rotatable bonds is 8. The zero-order valence-corrected chi connectivity index (χ0v) is 20.6. The van der Waals surface area contributed by atoms with Crippen molar-refractivity contribution < 1.29 is 23.6 Å². The highest BCUT2D eigenvalue weighted by atomic mass is 16.6. The number of hydrogen-bond donors (Lipinski definition) is 1. The lowest BCUT2D eigenvalue weighted by atomic mass is 10.1. The van der Waals surface area contributed by atoms with Crippen LogP contribution in [0.1, 0.15) is 45.0 Å². The summed E-state index contributed by atoms with van der Waals surface area (Å²) in [6, 6.07) is 19.1. The number of benzene rings is 3. The van der Waals surface area contributed by atoms with E-state index in [1.165, 1.54) is 35.7 Å². The summed E-state index contributed by atoms with van der Waals surface area (Å²) < 4.78 is 17.4. The molecule has 37 heavy (non-hydrogen) atoms. The standard InChI is InChI=1S/C29H26N2O6/c1-18-10-19(2)12-26(11-18)36-27-15-22(14-23(16-27)31(33)34)30-29(32)28-9-8-25(37-28)17-35-24-7-6-20-4-3-5-21(20)13-24/h6-16H,3-5,17H2,1-2H3,(H,30,32). The molecular formula is C29H26N2O6. The Labute approximate surface area is 214 Å². The van der Waals surface area contributed by atoms with Crippen LogP contribution in [0, 0.1) is 24.0 Å². The number of aryl methyl sites for hydroxylation is 4. The maximum Gasteiger partial charge on any atom is 0.291 e. The maximum absolute atomic E-state index is 12.8. The predicted molar refractivity (Wildman–Crippen MR) is 139 cm³/mol. The van der Waals surface area contributed by atoms with Gasteiger partial charge in [-0.25, -0.2) is 0 Å². The molecule has 4 aromatic rings. The number of non-ortho nitro benzene ring substituents is 1. The molecule has 1 aliphatic carbocycles. The Hall–Kier alpha value is -4.59. The van der Waals surface area contributed by atoms with Crippen molar-refractivity contribution in [1.82, 2.24) is 0 Å². The lowest BCUT2D eigenvalue weighted by Crippen LogP contribution is -2.11. The highest BCUT2D eigenvalue weighted by molar-refractivity contribution is 6.02. The fraction of sp³-hybridized carbons (Fsp3) is 0.207. The van der Waals surface area contributed by atoms with E-state index in [4.69, 9.17) is 13.9 Å². The molecule has 1 aromatic heterocycles. The van der Waals surface area contributed by atoms with Crippen LogP contribution >= 0.6 is 0 Å². The fourth-order valence-corrected chi connectivity index (χ4v) is 4.51. The van der Waals surface area contributed by atoms with E-state index in [2.05, 4.69) is 17.4 Å². The minimum Gasteiger partial charge on any atom is -0.486 e. The summed E-state index contributed by atoms with van der Waals surface area (Å²) >= 11 is 0. The van der Waals surface area contributed by atoms with Crippen molar-refractivity contribution in [3.05, 3.63) is 111 Å². The quantitative estimate of drug-likeness (QED) is 0.209. The first-order valence-corrected chi connectivity index (χ1v) is 12.0. The smallest absolute Gasteiger partial charge is 0.291 e. The molecule has 0 saturated carbocycles. The molecule has 0 radical (unpaired) electrons. The normalized spacial score (nSPS) is 12.2. The maximum atomic E-state index is 12.8. The molecule has 0 spiro atoms. The van der Waals surface area contributed by atoms with Crippen LogP contribution in [0.5, 0.6) is 17.2 Å². The second-order valence-corrected chi connectivity index (χ2v) is 9.19. The van der Waals surface area contributed by atoms with Crippen molar-refractivity contribution in [3.8, 4) is 17.2 Å². The van der Waals surface area contributed by atoms with Gasteiger partial charge in [-0.05, 0) is 91.8 Å². The van der Waals surface area contributed by atoms with Gasteiger partial charge in [-0.15, -0.1) is 0 Å². The number of nitrogens with zero attached hydrogens (tertiary/aromatic N) is 1. The molecule has 1 amide bonds. The summed E-state index contributed by atoms with van der Waals surface area (Å²) in [7, 11) is 0. The summed E-state index contributed by atoms with van der Waals surface area (Å²) in [5, 5.41) is 14.1. The molecule has 1 heterocycles. The second kappa shape index (κ2) is 10.2. The van der Waals surface area contributed by atoms with E-state index in [1.807, 2.05) is 38.1 Å². The van der Waals surface area contributed by atoms with E-state index in [-0.39, 0.29) is 29.5 Å². The minimum absolute atomic E-state index is 0.0656. The molecule has 0 aliphatic heterocycles. The van der Waals surface area contributed by atoms with Crippen molar-refractivity contribution >= 4 is 17.3 Å². The van der Waals surface area contributed by atoms with Crippen molar-refractivity contribution in [2.45, 2.75) is 39.7 Å². The largest absolute Gasteiger partial charge is 0.486 e. The Balaban J connectivity index is 1.27. The van der Waals surface area contributed by atoms with Gasteiger partial charge < -0.3 is 19.2 Å². The van der Waals surface area contributed by atoms with Crippen LogP contribution in [0.25, 0.3) is 0 Å². The van der Waals surface area contributed by atoms with Crippen molar-refractivity contribution in [3.63, 3.8) is 0 Å². The van der Waals surface area contributed by atoms with Crippen LogP contribution < -0.4 is 14.8 Å². The number of carbonyl (C=O) groups excluding carboxylic acids is 1. The molecule has 8 nitrogen and oxygen atoms in total. The van der Waals surface area contributed by atoms with E-state index >= 15 is 0 Å². The van der Waals surface area contributed by atoms with Gasteiger partial charge in [0.15, 0.2) is 5.76 Å². The van der Waals surface area contributed by atoms with Crippen LogP contribution in [0.3, 0.4) is 0 Å². The molecule has 3 aromatic carbocycles. The number of furan rings is 1. The highest BCUT2D eigenvalue weighted by Gasteiger charge is 2.17. The van der Waals surface area contributed by atoms with Crippen molar-refractivity contribution in [2.75, 3.05) is 5.32 Å². The summed E-state index contributed by atoms with van der Waals surface area (Å²) in [4.78, 5) is 23.8. The predicted octanol–water partition coefficient (Wildman–Crippen LogP) is 6.92. The molecule has 0 atom stereocenters. The zero-order chi connectivity index (χ0) is 25.9. The molecule has 1 N–H and O–H groups in total. The third kappa shape index (κ3) is 5.81. The van der Waals surface area contributed by atoms with E-state index < -0.39 is 10.8 Å². The van der Waals surface area contributed by atoms with Crippen LogP contribution in [0.4, 0.5) is 11.4 Å². The average Bonchev–Trinajstić information content (AvgIpc) is 3.51. The van der Waals surface area contributed by atoms with E-state index in [0.717, 1.165) is 29.7 Å². The molecular weight excluding hydrogens is 472 g/mol. The van der Waals surface area contributed by atoms with Crippen LogP contribution in [0.15, 0.2) is 71.1 Å². The van der Waals surface area contributed by atoms with E-state index in [1.54, 1.807) is 12.1 Å². The third-order valence-corrected chi connectivity index (χ3v) is 6.13. The number of nitrogens with one attached hydrogen (secondary N) is 1. The second-order valence-electron chi connectivity index (χ2n) is 9.19. The molecule has 0 saturated heterocycles. The number of nitro groups is 1. The van der Waals surface area contributed by atoms with E-state index in [0.29, 0.717) is 11.5 Å². The molecule has 5 rings (SSSR count).